The van der Waals surface area contributed by atoms with Gasteiger partial charge in [0.25, 0.3) is 0 Å². The molecule has 0 fully saturated rings. The number of carbonyl (C=O) groups excluding carboxylic acids is 3. The number of rotatable bonds is 8. The summed E-state index contributed by atoms with van der Waals surface area (Å²) in [7, 11) is 0. The molecular formula is C27H26N2O5. The van der Waals surface area contributed by atoms with Crippen LogP contribution in [0.2, 0.25) is 0 Å². The summed E-state index contributed by atoms with van der Waals surface area (Å²) in [5.41, 5.74) is 5.03. The van der Waals surface area contributed by atoms with Gasteiger partial charge in [-0.15, -0.1) is 0 Å². The van der Waals surface area contributed by atoms with Crippen LogP contribution in [0.3, 0.4) is 0 Å². The van der Waals surface area contributed by atoms with Crippen LogP contribution in [-0.4, -0.2) is 37.7 Å². The van der Waals surface area contributed by atoms with Gasteiger partial charge < -0.3 is 20.1 Å². The van der Waals surface area contributed by atoms with Gasteiger partial charge in [0.15, 0.2) is 0 Å². The van der Waals surface area contributed by atoms with E-state index < -0.39 is 24.0 Å². The number of hydrogen-bond donors (Lipinski definition) is 2. The highest BCUT2D eigenvalue weighted by Gasteiger charge is 2.30. The van der Waals surface area contributed by atoms with Gasteiger partial charge >= 0.3 is 12.1 Å². The molecule has 174 valence electrons. The summed E-state index contributed by atoms with van der Waals surface area (Å²) < 4.78 is 10.4. The summed E-state index contributed by atoms with van der Waals surface area (Å²) in [4.78, 5) is 37.2. The quantitative estimate of drug-likeness (QED) is 0.499. The number of alkyl carbamates (subject to hydrolysis) is 1. The maximum absolute atomic E-state index is 12.8. The summed E-state index contributed by atoms with van der Waals surface area (Å²) in [5.74, 6) is -1.18. The van der Waals surface area contributed by atoms with Crippen LogP contribution in [0.1, 0.15) is 35.6 Å². The Hall–Kier alpha value is -4.13. The van der Waals surface area contributed by atoms with Gasteiger partial charge in [-0.25, -0.2) is 4.79 Å². The fourth-order valence-corrected chi connectivity index (χ4v) is 4.18. The van der Waals surface area contributed by atoms with Crippen LogP contribution >= 0.6 is 0 Å². The molecule has 0 heterocycles. The second-order valence-corrected chi connectivity index (χ2v) is 7.84. The molecule has 7 heteroatoms. The lowest BCUT2D eigenvalue weighted by Crippen LogP contribution is -2.42. The van der Waals surface area contributed by atoms with Crippen molar-refractivity contribution in [1.29, 1.82) is 0 Å². The zero-order valence-corrected chi connectivity index (χ0v) is 18.8. The van der Waals surface area contributed by atoms with E-state index in [1.807, 2.05) is 42.5 Å². The Kier molecular flexibility index (Phi) is 7.22. The van der Waals surface area contributed by atoms with Crippen molar-refractivity contribution < 1.29 is 23.9 Å². The largest absolute Gasteiger partial charge is 0.465 e. The molecule has 34 heavy (non-hydrogen) atoms. The number of ether oxygens (including phenoxy) is 2. The zero-order valence-electron chi connectivity index (χ0n) is 18.8. The molecule has 0 saturated heterocycles. The number of benzene rings is 3. The maximum Gasteiger partial charge on any atom is 0.408 e. The van der Waals surface area contributed by atoms with Crippen LogP contribution in [0.5, 0.6) is 0 Å². The molecule has 0 saturated carbocycles. The fraction of sp³-hybridized carbons (Fsp3) is 0.222. The Balaban J connectivity index is 1.44. The Bertz CT molecular complexity index is 1130. The number of hydrogen-bond acceptors (Lipinski definition) is 5. The first-order chi connectivity index (χ1) is 16.6. The van der Waals surface area contributed by atoms with Crippen molar-refractivity contribution in [2.24, 2.45) is 0 Å². The molecular weight excluding hydrogens is 432 g/mol. The second-order valence-electron chi connectivity index (χ2n) is 7.84. The topological polar surface area (TPSA) is 93.7 Å². The van der Waals surface area contributed by atoms with Crippen molar-refractivity contribution in [3.05, 3.63) is 95.6 Å². The predicted molar refractivity (Wildman–Crippen MR) is 127 cm³/mol. The third kappa shape index (κ3) is 5.09. The molecule has 0 spiro atoms. The van der Waals surface area contributed by atoms with E-state index in [1.165, 1.54) is 0 Å². The van der Waals surface area contributed by atoms with E-state index in [-0.39, 0.29) is 25.7 Å². The van der Waals surface area contributed by atoms with Crippen molar-refractivity contribution in [3.63, 3.8) is 0 Å². The molecule has 3 aromatic carbocycles. The first kappa shape index (κ1) is 23.0. The van der Waals surface area contributed by atoms with Crippen LogP contribution in [0.25, 0.3) is 11.1 Å². The highest BCUT2D eigenvalue weighted by molar-refractivity contribution is 5.89. The number of amides is 2. The van der Waals surface area contributed by atoms with E-state index in [0.29, 0.717) is 5.56 Å². The van der Waals surface area contributed by atoms with Crippen molar-refractivity contribution >= 4 is 18.0 Å². The third-order valence-electron chi connectivity index (χ3n) is 5.71. The SMILES string of the molecule is CCOC(=O)CNC(=O)[C@@H](NC(=O)OCC1c2ccccc2-c2ccccc21)c1ccccc1. The molecule has 4 rings (SSSR count). The van der Waals surface area contributed by atoms with Gasteiger partial charge in [-0.05, 0) is 34.7 Å². The Morgan fingerprint density at radius 2 is 1.41 bits per heavy atom. The van der Waals surface area contributed by atoms with Crippen LogP contribution in [0.4, 0.5) is 4.79 Å². The predicted octanol–water partition coefficient (Wildman–Crippen LogP) is 3.95. The summed E-state index contributed by atoms with van der Waals surface area (Å²) >= 11 is 0. The normalized spacial score (nSPS) is 12.7. The van der Waals surface area contributed by atoms with Gasteiger partial charge in [-0.3, -0.25) is 9.59 Å². The number of esters is 1. The van der Waals surface area contributed by atoms with E-state index in [1.54, 1.807) is 31.2 Å². The summed E-state index contributed by atoms with van der Waals surface area (Å²) in [6.45, 7) is 1.74. The number of nitrogens with one attached hydrogen (secondary N) is 2. The summed E-state index contributed by atoms with van der Waals surface area (Å²) in [6, 6.07) is 23.9. The molecule has 0 radical (unpaired) electrons. The highest BCUT2D eigenvalue weighted by Crippen LogP contribution is 2.44. The number of carbonyl (C=O) groups is 3. The molecule has 1 atom stereocenters. The minimum Gasteiger partial charge on any atom is -0.465 e. The van der Waals surface area contributed by atoms with Crippen LogP contribution in [-0.2, 0) is 19.1 Å². The average molecular weight is 459 g/mol. The van der Waals surface area contributed by atoms with E-state index >= 15 is 0 Å². The zero-order chi connectivity index (χ0) is 23.9. The maximum atomic E-state index is 12.8. The van der Waals surface area contributed by atoms with E-state index in [2.05, 4.69) is 22.8 Å². The molecule has 0 aliphatic heterocycles. The molecule has 2 amide bonds. The lowest BCUT2D eigenvalue weighted by molar-refractivity contribution is -0.143. The minimum atomic E-state index is -1.02. The Labute approximate surface area is 198 Å². The fourth-order valence-electron chi connectivity index (χ4n) is 4.18. The molecule has 0 aromatic heterocycles. The van der Waals surface area contributed by atoms with Crippen LogP contribution in [0.15, 0.2) is 78.9 Å². The standard InChI is InChI=1S/C27H26N2O5/c1-2-33-24(30)16-28-26(31)25(18-10-4-3-5-11-18)29-27(32)34-17-23-21-14-8-6-12-19(21)20-13-7-9-15-22(20)23/h3-15,23,25H,2,16-17H2,1H3,(H,28,31)(H,29,32)/t25-/m0/s1. The first-order valence-corrected chi connectivity index (χ1v) is 11.2. The van der Waals surface area contributed by atoms with Crippen LogP contribution in [0, 0.1) is 0 Å². The molecule has 3 aromatic rings. The third-order valence-corrected chi connectivity index (χ3v) is 5.71. The van der Waals surface area contributed by atoms with Gasteiger partial charge in [0, 0.05) is 5.92 Å². The Morgan fingerprint density at radius 3 is 2.03 bits per heavy atom. The minimum absolute atomic E-state index is 0.0917. The van der Waals surface area contributed by atoms with E-state index in [4.69, 9.17) is 9.47 Å². The molecule has 1 aliphatic rings. The monoisotopic (exact) mass is 458 g/mol. The van der Waals surface area contributed by atoms with E-state index in [9.17, 15) is 14.4 Å². The second kappa shape index (κ2) is 10.7. The molecule has 2 N–H and O–H groups in total. The first-order valence-electron chi connectivity index (χ1n) is 11.2. The molecule has 7 nitrogen and oxygen atoms in total. The molecule has 0 bridgehead atoms. The van der Waals surface area contributed by atoms with Crippen molar-refractivity contribution in [2.75, 3.05) is 19.8 Å². The average Bonchev–Trinajstić information content (AvgIpc) is 3.19. The van der Waals surface area contributed by atoms with Gasteiger partial charge in [-0.1, -0.05) is 78.9 Å². The van der Waals surface area contributed by atoms with Crippen molar-refractivity contribution in [1.82, 2.24) is 10.6 Å². The van der Waals surface area contributed by atoms with Gasteiger partial charge in [0.1, 0.15) is 19.2 Å². The van der Waals surface area contributed by atoms with Crippen molar-refractivity contribution in [2.45, 2.75) is 18.9 Å². The summed E-state index contributed by atoms with van der Waals surface area (Å²) in [5, 5.41) is 5.15. The lowest BCUT2D eigenvalue weighted by Gasteiger charge is -2.20. The van der Waals surface area contributed by atoms with Gasteiger partial charge in [0.2, 0.25) is 5.91 Å². The van der Waals surface area contributed by atoms with Crippen molar-refractivity contribution in [3.8, 4) is 11.1 Å². The van der Waals surface area contributed by atoms with E-state index in [0.717, 1.165) is 22.3 Å². The van der Waals surface area contributed by atoms with Gasteiger partial charge in [-0.2, -0.15) is 0 Å². The van der Waals surface area contributed by atoms with Crippen LogP contribution < -0.4 is 10.6 Å². The smallest absolute Gasteiger partial charge is 0.408 e. The molecule has 1 aliphatic carbocycles. The number of fused-ring (bicyclic) bond motifs is 3. The highest BCUT2D eigenvalue weighted by atomic mass is 16.5. The molecule has 0 unspecified atom stereocenters. The van der Waals surface area contributed by atoms with Gasteiger partial charge in [0.05, 0.1) is 6.61 Å². The summed E-state index contributed by atoms with van der Waals surface area (Å²) in [6.07, 6.45) is -0.720. The lowest BCUT2D eigenvalue weighted by atomic mass is 9.98. The Morgan fingerprint density at radius 1 is 0.824 bits per heavy atom.